The summed E-state index contributed by atoms with van der Waals surface area (Å²) in [5.41, 5.74) is 2.04. The average molecular weight is 335 g/mol. The summed E-state index contributed by atoms with van der Waals surface area (Å²) in [5.74, 6) is 0.157. The summed E-state index contributed by atoms with van der Waals surface area (Å²) >= 11 is 0. The summed E-state index contributed by atoms with van der Waals surface area (Å²) in [6, 6.07) is 10.8. The number of amides is 1. The number of benzene rings is 1. The Kier molecular flexibility index (Phi) is 6.25. The lowest BCUT2D eigenvalue weighted by atomic mass is 10.0. The van der Waals surface area contributed by atoms with Gasteiger partial charge in [0.2, 0.25) is 0 Å². The van der Waals surface area contributed by atoms with Gasteiger partial charge in [0.05, 0.1) is 0 Å². The summed E-state index contributed by atoms with van der Waals surface area (Å²) in [5, 5.41) is 0. The molecule has 0 saturated carbocycles. The molecule has 1 aromatic carbocycles. The van der Waals surface area contributed by atoms with Gasteiger partial charge in [0.15, 0.2) is 0 Å². The van der Waals surface area contributed by atoms with Gasteiger partial charge in [-0.15, -0.1) is 12.4 Å². The molecule has 1 amide bonds. The van der Waals surface area contributed by atoms with Crippen molar-refractivity contribution in [2.24, 2.45) is 0 Å². The van der Waals surface area contributed by atoms with Gasteiger partial charge in [-0.2, -0.15) is 0 Å². The number of likely N-dealkylation sites (N-methyl/N-ethyl adjacent to an activating group) is 1. The van der Waals surface area contributed by atoms with Crippen molar-refractivity contribution < 1.29 is 4.79 Å². The lowest BCUT2D eigenvalue weighted by Gasteiger charge is -2.35. The number of rotatable bonds is 5. The van der Waals surface area contributed by atoms with Crippen LogP contribution in [-0.4, -0.2) is 41.4 Å². The molecule has 0 spiro atoms. The van der Waals surface area contributed by atoms with E-state index in [2.05, 4.69) is 24.9 Å². The Hall–Kier alpha value is -1.32. The molecule has 0 aromatic heterocycles. The minimum atomic E-state index is 0. The Balaban J connectivity index is 0.00000192. The molecule has 1 saturated heterocycles. The van der Waals surface area contributed by atoms with E-state index in [1.165, 1.54) is 18.5 Å². The second-order valence-corrected chi connectivity index (χ2v) is 6.50. The number of carbonyl (C=O) groups excluding carboxylic acids is 1. The van der Waals surface area contributed by atoms with Crippen molar-refractivity contribution in [2.75, 3.05) is 13.6 Å². The zero-order chi connectivity index (χ0) is 15.5. The highest BCUT2D eigenvalue weighted by atomic mass is 35.5. The van der Waals surface area contributed by atoms with Gasteiger partial charge in [-0.25, -0.2) is 0 Å². The number of fused-ring (bicyclic) bond motifs is 2. The second-order valence-electron chi connectivity index (χ2n) is 6.50. The Bertz CT molecular complexity index is 558. The van der Waals surface area contributed by atoms with Gasteiger partial charge in [0.1, 0.15) is 0 Å². The Morgan fingerprint density at radius 1 is 1.26 bits per heavy atom. The molecule has 2 aliphatic heterocycles. The fourth-order valence-corrected chi connectivity index (χ4v) is 3.65. The van der Waals surface area contributed by atoms with E-state index in [4.69, 9.17) is 0 Å². The molecule has 0 aliphatic carbocycles. The van der Waals surface area contributed by atoms with E-state index in [9.17, 15) is 4.79 Å². The molecule has 2 atom stereocenters. The number of carbonyl (C=O) groups is 1. The van der Waals surface area contributed by atoms with Crippen molar-refractivity contribution in [3.05, 3.63) is 47.7 Å². The SMILES string of the molecule is CCCCN(C(=O)c1ccccc1)C1=CC2CCC(C1)N2C.Cl. The monoisotopic (exact) mass is 334 g/mol. The summed E-state index contributed by atoms with van der Waals surface area (Å²) in [7, 11) is 2.21. The van der Waals surface area contributed by atoms with Gasteiger partial charge >= 0.3 is 0 Å². The van der Waals surface area contributed by atoms with E-state index in [-0.39, 0.29) is 18.3 Å². The summed E-state index contributed by atoms with van der Waals surface area (Å²) in [6.07, 6.45) is 7.99. The van der Waals surface area contributed by atoms with Crippen LogP contribution < -0.4 is 0 Å². The zero-order valence-corrected chi connectivity index (χ0v) is 14.9. The van der Waals surface area contributed by atoms with E-state index in [1.54, 1.807) is 0 Å². The van der Waals surface area contributed by atoms with Crippen LogP contribution in [0.1, 0.15) is 49.4 Å². The predicted octanol–water partition coefficient (Wildman–Crippen LogP) is 4.10. The minimum Gasteiger partial charge on any atom is -0.312 e. The summed E-state index contributed by atoms with van der Waals surface area (Å²) in [4.78, 5) is 17.4. The lowest BCUT2D eigenvalue weighted by molar-refractivity contribution is 0.0784. The standard InChI is InChI=1S/C19H26N2O.ClH/c1-3-4-12-21(19(22)15-8-6-5-7-9-15)18-13-16-10-11-17(14-18)20(16)2;/h5-9,13,16-17H,3-4,10-12,14H2,1-2H3;1H. The highest BCUT2D eigenvalue weighted by Gasteiger charge is 2.36. The Morgan fingerprint density at radius 2 is 2.00 bits per heavy atom. The normalized spacial score (nSPS) is 23.1. The summed E-state index contributed by atoms with van der Waals surface area (Å²) in [6.45, 7) is 3.01. The van der Waals surface area contributed by atoms with Gasteiger partial charge in [0.25, 0.3) is 5.91 Å². The third-order valence-electron chi connectivity index (χ3n) is 5.07. The quantitative estimate of drug-likeness (QED) is 0.809. The molecule has 2 unspecified atom stereocenters. The highest BCUT2D eigenvalue weighted by Crippen LogP contribution is 2.35. The maximum Gasteiger partial charge on any atom is 0.257 e. The first-order chi connectivity index (χ1) is 10.7. The maximum absolute atomic E-state index is 12.9. The third-order valence-corrected chi connectivity index (χ3v) is 5.07. The Morgan fingerprint density at radius 3 is 2.65 bits per heavy atom. The van der Waals surface area contributed by atoms with Crippen molar-refractivity contribution in [3.8, 4) is 0 Å². The fraction of sp³-hybridized carbons (Fsp3) is 0.526. The molecule has 3 nitrogen and oxygen atoms in total. The maximum atomic E-state index is 12.9. The predicted molar refractivity (Wildman–Crippen MR) is 96.9 cm³/mol. The van der Waals surface area contributed by atoms with Crippen molar-refractivity contribution in [1.82, 2.24) is 9.80 Å². The molecule has 23 heavy (non-hydrogen) atoms. The van der Waals surface area contributed by atoms with Crippen LogP contribution in [0.5, 0.6) is 0 Å². The van der Waals surface area contributed by atoms with Crippen molar-refractivity contribution >= 4 is 18.3 Å². The summed E-state index contributed by atoms with van der Waals surface area (Å²) < 4.78 is 0. The fourth-order valence-electron chi connectivity index (χ4n) is 3.65. The van der Waals surface area contributed by atoms with Crippen LogP contribution in [0.3, 0.4) is 0 Å². The van der Waals surface area contributed by atoms with E-state index in [0.29, 0.717) is 12.1 Å². The van der Waals surface area contributed by atoms with E-state index >= 15 is 0 Å². The van der Waals surface area contributed by atoms with E-state index in [0.717, 1.165) is 31.4 Å². The van der Waals surface area contributed by atoms with Crippen molar-refractivity contribution in [1.29, 1.82) is 0 Å². The van der Waals surface area contributed by atoms with Gasteiger partial charge in [0, 0.05) is 36.3 Å². The molecule has 2 heterocycles. The zero-order valence-electron chi connectivity index (χ0n) is 14.1. The molecule has 3 rings (SSSR count). The van der Waals surface area contributed by atoms with Crippen LogP contribution in [0.4, 0.5) is 0 Å². The van der Waals surface area contributed by atoms with Gasteiger partial charge in [-0.05, 0) is 44.5 Å². The lowest BCUT2D eigenvalue weighted by Crippen LogP contribution is -2.41. The highest BCUT2D eigenvalue weighted by molar-refractivity contribution is 5.95. The van der Waals surface area contributed by atoms with Crippen LogP contribution in [0.2, 0.25) is 0 Å². The second kappa shape index (κ2) is 7.98. The molecule has 2 aliphatic rings. The molecule has 0 N–H and O–H groups in total. The van der Waals surface area contributed by atoms with Gasteiger partial charge in [-0.1, -0.05) is 31.5 Å². The molecule has 126 valence electrons. The van der Waals surface area contributed by atoms with Crippen LogP contribution in [-0.2, 0) is 0 Å². The molecule has 0 radical (unpaired) electrons. The van der Waals surface area contributed by atoms with E-state index in [1.807, 2.05) is 35.2 Å². The first-order valence-electron chi connectivity index (χ1n) is 8.50. The molecular weight excluding hydrogens is 308 g/mol. The smallest absolute Gasteiger partial charge is 0.257 e. The van der Waals surface area contributed by atoms with E-state index < -0.39 is 0 Å². The average Bonchev–Trinajstić information content (AvgIpc) is 2.77. The molecular formula is C19H27ClN2O. The number of hydrogen-bond donors (Lipinski definition) is 0. The molecule has 1 aromatic rings. The molecule has 1 fully saturated rings. The van der Waals surface area contributed by atoms with Crippen LogP contribution >= 0.6 is 12.4 Å². The number of halogens is 1. The van der Waals surface area contributed by atoms with Crippen LogP contribution in [0, 0.1) is 0 Å². The van der Waals surface area contributed by atoms with Crippen LogP contribution in [0.25, 0.3) is 0 Å². The van der Waals surface area contributed by atoms with Gasteiger partial charge < -0.3 is 4.90 Å². The number of nitrogens with zero attached hydrogens (tertiary/aromatic N) is 2. The van der Waals surface area contributed by atoms with Crippen molar-refractivity contribution in [3.63, 3.8) is 0 Å². The molecule has 4 heteroatoms. The van der Waals surface area contributed by atoms with Gasteiger partial charge in [-0.3, -0.25) is 9.69 Å². The first kappa shape index (κ1) is 18.0. The topological polar surface area (TPSA) is 23.6 Å². The van der Waals surface area contributed by atoms with Crippen LogP contribution in [0.15, 0.2) is 42.1 Å². The first-order valence-corrected chi connectivity index (χ1v) is 8.50. The Labute approximate surface area is 145 Å². The molecule has 2 bridgehead atoms. The van der Waals surface area contributed by atoms with Crippen molar-refractivity contribution in [2.45, 2.75) is 51.1 Å². The largest absolute Gasteiger partial charge is 0.312 e. The number of hydrogen-bond acceptors (Lipinski definition) is 2. The minimum absolute atomic E-state index is 0. The number of unbranched alkanes of at least 4 members (excludes halogenated alkanes) is 1. The third kappa shape index (κ3) is 3.78.